The molecule has 2 aromatic heterocycles. The highest BCUT2D eigenvalue weighted by Crippen LogP contribution is 2.33. The second kappa shape index (κ2) is 9.62. The van der Waals surface area contributed by atoms with Crippen LogP contribution in [0.5, 0.6) is 0 Å². The fourth-order valence-corrected chi connectivity index (χ4v) is 4.27. The molecule has 1 N–H and O–H groups in total. The van der Waals surface area contributed by atoms with Gasteiger partial charge in [-0.1, -0.05) is 48.9 Å². The highest BCUT2D eigenvalue weighted by atomic mass is 35.5. The molecule has 36 heavy (non-hydrogen) atoms. The molecule has 0 spiro atoms. The van der Waals surface area contributed by atoms with E-state index in [-0.39, 0.29) is 29.0 Å². The summed E-state index contributed by atoms with van der Waals surface area (Å²) in [6.07, 6.45) is -4.68. The number of carboxylic acid groups (broad SMARTS) is 1. The van der Waals surface area contributed by atoms with Gasteiger partial charge < -0.3 is 5.11 Å². The molecule has 2 heterocycles. The molecular formula is C25H19ClF3N3O4. The smallest absolute Gasteiger partial charge is 0.408 e. The Morgan fingerprint density at radius 2 is 1.75 bits per heavy atom. The number of pyridine rings is 1. The van der Waals surface area contributed by atoms with E-state index in [0.29, 0.717) is 26.2 Å². The zero-order valence-corrected chi connectivity index (χ0v) is 19.6. The van der Waals surface area contributed by atoms with E-state index in [1.54, 1.807) is 43.3 Å². The number of carboxylic acids is 1. The molecule has 186 valence electrons. The molecule has 0 saturated carbocycles. The van der Waals surface area contributed by atoms with E-state index in [0.717, 1.165) is 10.6 Å². The van der Waals surface area contributed by atoms with Gasteiger partial charge in [0.15, 0.2) is 5.78 Å². The summed E-state index contributed by atoms with van der Waals surface area (Å²) in [5, 5.41) is 14.2. The average molecular weight is 518 g/mol. The number of carbonyl (C=O) groups is 2. The molecule has 0 saturated heterocycles. The van der Waals surface area contributed by atoms with Crippen molar-refractivity contribution < 1.29 is 27.9 Å². The van der Waals surface area contributed by atoms with Crippen LogP contribution in [0.15, 0.2) is 59.4 Å². The van der Waals surface area contributed by atoms with Crippen LogP contribution in [0, 0.1) is 0 Å². The SMILES string of the molecule is CCC(=O)c1c(-c2ccccc2)c2cc(Cl)ccc2c(=O)n1Cc1cc(C(=O)O)n(CC(F)(F)F)n1. The first-order chi connectivity index (χ1) is 17.0. The molecule has 0 aliphatic heterocycles. The monoisotopic (exact) mass is 517 g/mol. The predicted molar refractivity (Wildman–Crippen MR) is 128 cm³/mol. The fourth-order valence-electron chi connectivity index (χ4n) is 4.10. The molecule has 0 atom stereocenters. The molecule has 0 fully saturated rings. The summed E-state index contributed by atoms with van der Waals surface area (Å²) in [5.41, 5.74) is -0.284. The zero-order chi connectivity index (χ0) is 26.2. The summed E-state index contributed by atoms with van der Waals surface area (Å²) in [6, 6.07) is 14.4. The number of halogens is 4. The number of nitrogens with zero attached hydrogens (tertiary/aromatic N) is 3. The van der Waals surface area contributed by atoms with E-state index in [9.17, 15) is 32.7 Å². The molecular weight excluding hydrogens is 499 g/mol. The van der Waals surface area contributed by atoms with Gasteiger partial charge in [0.1, 0.15) is 12.2 Å². The highest BCUT2D eigenvalue weighted by molar-refractivity contribution is 6.31. The number of Topliss-reactive ketones (excluding diaryl/α,β-unsaturated/α-hetero) is 1. The maximum Gasteiger partial charge on any atom is 0.408 e. The summed E-state index contributed by atoms with van der Waals surface area (Å²) in [7, 11) is 0. The van der Waals surface area contributed by atoms with Gasteiger partial charge >= 0.3 is 12.1 Å². The third-order valence-corrected chi connectivity index (χ3v) is 5.81. The second-order valence-electron chi connectivity index (χ2n) is 8.05. The summed E-state index contributed by atoms with van der Waals surface area (Å²) >= 11 is 6.21. The van der Waals surface area contributed by atoms with E-state index < -0.39 is 36.5 Å². The van der Waals surface area contributed by atoms with Gasteiger partial charge in [-0.3, -0.25) is 14.2 Å². The zero-order valence-electron chi connectivity index (χ0n) is 18.8. The maximum absolute atomic E-state index is 13.6. The summed E-state index contributed by atoms with van der Waals surface area (Å²) in [5.74, 6) is -1.99. The Kier molecular flexibility index (Phi) is 6.73. The molecule has 4 rings (SSSR count). The van der Waals surface area contributed by atoms with Gasteiger partial charge in [0.05, 0.1) is 17.9 Å². The van der Waals surface area contributed by atoms with Crippen molar-refractivity contribution in [1.29, 1.82) is 0 Å². The molecule has 0 aliphatic carbocycles. The Hall–Kier alpha value is -3.92. The van der Waals surface area contributed by atoms with Crippen LogP contribution in [0.2, 0.25) is 5.02 Å². The van der Waals surface area contributed by atoms with Crippen LogP contribution >= 0.6 is 11.6 Å². The van der Waals surface area contributed by atoms with Crippen molar-refractivity contribution in [2.24, 2.45) is 0 Å². The summed E-state index contributed by atoms with van der Waals surface area (Å²) in [6.45, 7) is -0.409. The van der Waals surface area contributed by atoms with Gasteiger partial charge in [-0.2, -0.15) is 18.3 Å². The lowest BCUT2D eigenvalue weighted by molar-refractivity contribution is -0.142. The van der Waals surface area contributed by atoms with Crippen LogP contribution in [0.1, 0.15) is 40.0 Å². The van der Waals surface area contributed by atoms with Gasteiger partial charge in [0.25, 0.3) is 5.56 Å². The van der Waals surface area contributed by atoms with Crippen LogP contribution in [0.25, 0.3) is 21.9 Å². The standard InChI is InChI=1S/C25H19ClF3N3O4/c1-2-20(33)22-21(14-6-4-3-5-7-14)18-10-15(26)8-9-17(18)23(34)31(22)12-16-11-19(24(35)36)32(30-16)13-25(27,28)29/h3-11H,2,12-13H2,1H3,(H,35,36). The first-order valence-corrected chi connectivity index (χ1v) is 11.2. The lowest BCUT2D eigenvalue weighted by Gasteiger charge is -2.19. The van der Waals surface area contributed by atoms with E-state index in [1.165, 1.54) is 12.1 Å². The Morgan fingerprint density at radius 3 is 2.36 bits per heavy atom. The minimum absolute atomic E-state index is 0.0331. The number of carbonyl (C=O) groups excluding carboxylic acids is 1. The molecule has 0 amide bonds. The van der Waals surface area contributed by atoms with Crippen LogP contribution in [0.4, 0.5) is 13.2 Å². The number of hydrogen-bond donors (Lipinski definition) is 1. The quantitative estimate of drug-likeness (QED) is 0.330. The number of alkyl halides is 3. The second-order valence-corrected chi connectivity index (χ2v) is 8.48. The Balaban J connectivity index is 2.02. The first kappa shape index (κ1) is 25.2. The number of aromatic nitrogens is 3. The molecule has 0 unspecified atom stereocenters. The van der Waals surface area contributed by atoms with Crippen molar-refractivity contribution in [2.75, 3.05) is 0 Å². The minimum Gasteiger partial charge on any atom is -0.477 e. The Labute approximate surface area is 207 Å². The predicted octanol–water partition coefficient (Wildman–Crippen LogP) is 5.42. The minimum atomic E-state index is -4.71. The van der Waals surface area contributed by atoms with E-state index in [1.807, 2.05) is 0 Å². The number of rotatable bonds is 7. The molecule has 2 aromatic carbocycles. The molecule has 0 aliphatic rings. The van der Waals surface area contributed by atoms with E-state index >= 15 is 0 Å². The molecule has 0 bridgehead atoms. The fraction of sp³-hybridized carbons (Fsp3) is 0.200. The van der Waals surface area contributed by atoms with Gasteiger partial charge in [-0.25, -0.2) is 9.48 Å². The highest BCUT2D eigenvalue weighted by Gasteiger charge is 2.31. The van der Waals surface area contributed by atoms with Gasteiger partial charge in [-0.15, -0.1) is 0 Å². The Bertz CT molecular complexity index is 1540. The lowest BCUT2D eigenvalue weighted by atomic mass is 9.94. The van der Waals surface area contributed by atoms with Crippen molar-refractivity contribution in [3.05, 3.63) is 87.1 Å². The third kappa shape index (κ3) is 4.90. The number of hydrogen-bond acceptors (Lipinski definition) is 4. The van der Waals surface area contributed by atoms with Crippen LogP contribution < -0.4 is 5.56 Å². The summed E-state index contributed by atoms with van der Waals surface area (Å²) < 4.78 is 40.4. The van der Waals surface area contributed by atoms with Gasteiger partial charge in [-0.05, 0) is 35.2 Å². The maximum atomic E-state index is 13.6. The van der Waals surface area contributed by atoms with Crippen LogP contribution in [-0.4, -0.2) is 37.4 Å². The van der Waals surface area contributed by atoms with Gasteiger partial charge in [0.2, 0.25) is 0 Å². The van der Waals surface area contributed by atoms with Crippen molar-refractivity contribution in [3.8, 4) is 11.1 Å². The average Bonchev–Trinajstić information content (AvgIpc) is 3.21. The number of benzene rings is 2. The van der Waals surface area contributed by atoms with Crippen LogP contribution in [0.3, 0.4) is 0 Å². The van der Waals surface area contributed by atoms with Crippen molar-refractivity contribution in [1.82, 2.24) is 14.3 Å². The third-order valence-electron chi connectivity index (χ3n) is 5.58. The van der Waals surface area contributed by atoms with Crippen LogP contribution in [-0.2, 0) is 13.1 Å². The topological polar surface area (TPSA) is 94.2 Å². The molecule has 4 aromatic rings. The molecule has 7 nitrogen and oxygen atoms in total. The van der Waals surface area contributed by atoms with E-state index in [4.69, 9.17) is 11.6 Å². The summed E-state index contributed by atoms with van der Waals surface area (Å²) in [4.78, 5) is 38.3. The molecule has 0 radical (unpaired) electrons. The normalized spacial score (nSPS) is 11.7. The lowest BCUT2D eigenvalue weighted by Crippen LogP contribution is -2.28. The molecule has 11 heteroatoms. The van der Waals surface area contributed by atoms with Crippen molar-refractivity contribution in [2.45, 2.75) is 32.6 Å². The van der Waals surface area contributed by atoms with Crippen molar-refractivity contribution >= 4 is 34.1 Å². The van der Waals surface area contributed by atoms with E-state index in [2.05, 4.69) is 5.10 Å². The number of aromatic carboxylic acids is 1. The largest absolute Gasteiger partial charge is 0.477 e. The number of ketones is 1. The first-order valence-electron chi connectivity index (χ1n) is 10.8. The van der Waals surface area contributed by atoms with Crippen molar-refractivity contribution in [3.63, 3.8) is 0 Å². The number of fused-ring (bicyclic) bond motifs is 1. The van der Waals surface area contributed by atoms with Gasteiger partial charge in [0, 0.05) is 22.4 Å². The Morgan fingerprint density at radius 1 is 1.06 bits per heavy atom.